The molecule has 0 aromatic heterocycles. The lowest BCUT2D eigenvalue weighted by Gasteiger charge is -2.43. The molecular weight excluding hydrogens is 370 g/mol. The quantitative estimate of drug-likeness (QED) is 0.676. The van der Waals surface area contributed by atoms with E-state index < -0.39 is 0 Å². The van der Waals surface area contributed by atoms with E-state index in [1.807, 2.05) is 12.1 Å². The predicted molar refractivity (Wildman–Crippen MR) is 115 cm³/mol. The van der Waals surface area contributed by atoms with E-state index in [1.54, 1.807) is 0 Å². The molecule has 4 nitrogen and oxygen atoms in total. The van der Waals surface area contributed by atoms with Crippen LogP contribution in [0.4, 0.5) is 0 Å². The summed E-state index contributed by atoms with van der Waals surface area (Å²) in [4.78, 5) is 2.62. The van der Waals surface area contributed by atoms with Gasteiger partial charge in [-0.05, 0) is 62.3 Å². The van der Waals surface area contributed by atoms with Crippen LogP contribution in [0.3, 0.4) is 0 Å². The summed E-state index contributed by atoms with van der Waals surface area (Å²) in [6.07, 6.45) is 10.1. The van der Waals surface area contributed by atoms with Gasteiger partial charge in [0.1, 0.15) is 0 Å². The van der Waals surface area contributed by atoms with Crippen LogP contribution in [0.25, 0.3) is 0 Å². The molecule has 0 bridgehead atoms. The molecule has 3 fully saturated rings. The van der Waals surface area contributed by atoms with Crippen LogP contribution in [0, 0.1) is 17.3 Å². The molecule has 3 atom stereocenters. The Hall–Kier alpha value is -0.650. The lowest BCUT2D eigenvalue weighted by molar-refractivity contribution is 0.0236. The molecular formula is C23H36ClN3O. The second-order valence-corrected chi connectivity index (χ2v) is 9.95. The minimum absolute atomic E-state index is 0.0390. The van der Waals surface area contributed by atoms with E-state index in [0.717, 1.165) is 50.0 Å². The summed E-state index contributed by atoms with van der Waals surface area (Å²) in [5.74, 6) is 1.50. The number of halogens is 1. The smallest absolute Gasteiger partial charge is 0.0502 e. The number of rotatable bonds is 6. The number of nitrogens with one attached hydrogen (secondary N) is 2. The Bertz CT molecular complexity index is 636. The van der Waals surface area contributed by atoms with E-state index in [9.17, 15) is 5.11 Å². The molecule has 2 heterocycles. The number of nitrogens with zero attached hydrogens (tertiary/aromatic N) is 1. The number of hydrazine groups is 1. The molecule has 1 saturated carbocycles. The van der Waals surface area contributed by atoms with Gasteiger partial charge in [0.05, 0.1) is 6.61 Å². The number of hydrogen-bond donors (Lipinski definition) is 3. The van der Waals surface area contributed by atoms with E-state index >= 15 is 0 Å². The van der Waals surface area contributed by atoms with Crippen molar-refractivity contribution in [1.82, 2.24) is 15.8 Å². The Morgan fingerprint density at radius 3 is 2.82 bits per heavy atom. The predicted octanol–water partition coefficient (Wildman–Crippen LogP) is 3.63. The average molecular weight is 406 g/mol. The largest absolute Gasteiger partial charge is 0.396 e. The Kier molecular flexibility index (Phi) is 6.95. The molecule has 0 radical (unpaired) electrons. The monoisotopic (exact) mass is 405 g/mol. The van der Waals surface area contributed by atoms with Gasteiger partial charge in [0.15, 0.2) is 0 Å². The Morgan fingerprint density at radius 2 is 2.04 bits per heavy atom. The van der Waals surface area contributed by atoms with Gasteiger partial charge < -0.3 is 10.0 Å². The molecule has 3 N–H and O–H groups in total. The van der Waals surface area contributed by atoms with E-state index in [0.29, 0.717) is 12.0 Å². The van der Waals surface area contributed by atoms with Crippen molar-refractivity contribution in [2.75, 3.05) is 32.8 Å². The summed E-state index contributed by atoms with van der Waals surface area (Å²) in [5, 5.41) is 11.1. The van der Waals surface area contributed by atoms with Gasteiger partial charge in [-0.15, -0.1) is 0 Å². The van der Waals surface area contributed by atoms with Gasteiger partial charge >= 0.3 is 0 Å². The van der Waals surface area contributed by atoms with E-state index in [4.69, 9.17) is 11.6 Å². The maximum Gasteiger partial charge on any atom is 0.0502 e. The van der Waals surface area contributed by atoms with Crippen LogP contribution in [0.1, 0.15) is 50.5 Å². The van der Waals surface area contributed by atoms with Gasteiger partial charge in [0.2, 0.25) is 0 Å². The molecule has 4 rings (SSSR count). The highest BCUT2D eigenvalue weighted by molar-refractivity contribution is 6.30. The number of piperidine rings is 1. The van der Waals surface area contributed by atoms with Crippen LogP contribution < -0.4 is 10.9 Å². The second-order valence-electron chi connectivity index (χ2n) is 9.51. The van der Waals surface area contributed by atoms with Gasteiger partial charge in [-0.3, -0.25) is 10.9 Å². The van der Waals surface area contributed by atoms with Crippen molar-refractivity contribution in [3.05, 3.63) is 34.9 Å². The van der Waals surface area contributed by atoms with Crippen molar-refractivity contribution in [2.45, 2.75) is 57.4 Å². The summed E-state index contributed by atoms with van der Waals surface area (Å²) in [7, 11) is 0. The zero-order valence-corrected chi connectivity index (χ0v) is 17.8. The SMILES string of the molecule is OCC1(Cc2cccc(Cl)c2)CCCN(CC2CNNC2C2CCCCC2)C1. The standard InChI is InChI=1S/C23H36ClN3O/c24-21-9-4-6-18(12-21)13-23(17-28)10-5-11-27(16-23)15-20-14-25-26-22(20)19-7-2-1-3-8-19/h4,6,9,12,19-20,22,25-26,28H,1-3,5,7-8,10-11,13-17H2. The first kappa shape index (κ1) is 20.6. The fourth-order valence-electron chi connectivity index (χ4n) is 5.93. The molecule has 3 aliphatic rings. The Labute approximate surface area is 175 Å². The van der Waals surface area contributed by atoms with Crippen LogP contribution in [-0.2, 0) is 6.42 Å². The van der Waals surface area contributed by atoms with Gasteiger partial charge in [-0.25, -0.2) is 0 Å². The third kappa shape index (κ3) is 4.91. The molecule has 0 amide bonds. The minimum atomic E-state index is -0.0390. The number of likely N-dealkylation sites (tertiary alicyclic amines) is 1. The van der Waals surface area contributed by atoms with Gasteiger partial charge in [0, 0.05) is 42.0 Å². The Balaban J connectivity index is 1.39. The maximum atomic E-state index is 10.3. The molecule has 28 heavy (non-hydrogen) atoms. The first-order valence-electron chi connectivity index (χ1n) is 11.2. The number of hydrogen-bond acceptors (Lipinski definition) is 4. The van der Waals surface area contributed by atoms with E-state index in [-0.39, 0.29) is 12.0 Å². The van der Waals surface area contributed by atoms with Gasteiger partial charge in [0.25, 0.3) is 0 Å². The number of aliphatic hydroxyl groups excluding tert-OH is 1. The summed E-state index contributed by atoms with van der Waals surface area (Å²) < 4.78 is 0. The molecule has 156 valence electrons. The molecule has 2 saturated heterocycles. The highest BCUT2D eigenvalue weighted by Gasteiger charge is 2.39. The first-order chi connectivity index (χ1) is 13.7. The van der Waals surface area contributed by atoms with Crippen LogP contribution in [0.5, 0.6) is 0 Å². The lowest BCUT2D eigenvalue weighted by atomic mass is 9.75. The summed E-state index contributed by atoms with van der Waals surface area (Å²) in [6, 6.07) is 8.76. The van der Waals surface area contributed by atoms with Gasteiger partial charge in [-0.1, -0.05) is 43.0 Å². The average Bonchev–Trinajstić information content (AvgIpc) is 3.17. The number of aliphatic hydroxyl groups is 1. The fraction of sp³-hybridized carbons (Fsp3) is 0.739. The van der Waals surface area contributed by atoms with Crippen LogP contribution in [-0.4, -0.2) is 48.8 Å². The zero-order chi connectivity index (χ0) is 19.4. The van der Waals surface area contributed by atoms with Crippen LogP contribution in [0.15, 0.2) is 24.3 Å². The van der Waals surface area contributed by atoms with Crippen LogP contribution >= 0.6 is 11.6 Å². The lowest BCUT2D eigenvalue weighted by Crippen LogP contribution is -2.50. The molecule has 3 unspecified atom stereocenters. The van der Waals surface area contributed by atoms with Crippen LogP contribution in [0.2, 0.25) is 5.02 Å². The minimum Gasteiger partial charge on any atom is -0.396 e. The molecule has 0 spiro atoms. The summed E-state index contributed by atoms with van der Waals surface area (Å²) >= 11 is 6.20. The highest BCUT2D eigenvalue weighted by atomic mass is 35.5. The van der Waals surface area contributed by atoms with Crippen molar-refractivity contribution < 1.29 is 5.11 Å². The number of benzene rings is 1. The summed E-state index contributed by atoms with van der Waals surface area (Å²) in [5.41, 5.74) is 8.26. The van der Waals surface area contributed by atoms with Crippen molar-refractivity contribution in [3.8, 4) is 0 Å². The molecule has 1 aliphatic carbocycles. The Morgan fingerprint density at radius 1 is 1.18 bits per heavy atom. The second kappa shape index (κ2) is 9.44. The van der Waals surface area contributed by atoms with E-state index in [1.165, 1.54) is 44.1 Å². The molecule has 2 aliphatic heterocycles. The third-order valence-electron chi connectivity index (χ3n) is 7.34. The van der Waals surface area contributed by atoms with E-state index in [2.05, 4.69) is 27.9 Å². The normalized spacial score (nSPS) is 32.6. The van der Waals surface area contributed by atoms with Crippen molar-refractivity contribution in [1.29, 1.82) is 0 Å². The maximum absolute atomic E-state index is 10.3. The third-order valence-corrected chi connectivity index (χ3v) is 7.57. The molecule has 1 aromatic carbocycles. The van der Waals surface area contributed by atoms with Crippen molar-refractivity contribution in [3.63, 3.8) is 0 Å². The highest BCUT2D eigenvalue weighted by Crippen LogP contribution is 2.36. The molecule has 5 heteroatoms. The van der Waals surface area contributed by atoms with Crippen molar-refractivity contribution >= 4 is 11.6 Å². The fourth-order valence-corrected chi connectivity index (χ4v) is 6.15. The van der Waals surface area contributed by atoms with Gasteiger partial charge in [-0.2, -0.15) is 0 Å². The zero-order valence-electron chi connectivity index (χ0n) is 17.0. The topological polar surface area (TPSA) is 47.5 Å². The first-order valence-corrected chi connectivity index (χ1v) is 11.6. The summed E-state index contributed by atoms with van der Waals surface area (Å²) in [6.45, 7) is 4.61. The van der Waals surface area contributed by atoms with Crippen molar-refractivity contribution in [2.24, 2.45) is 17.3 Å². The molecule has 1 aromatic rings.